The molecule has 3 rings (SSSR count). The van der Waals surface area contributed by atoms with Crippen molar-refractivity contribution in [3.63, 3.8) is 0 Å². The van der Waals surface area contributed by atoms with Crippen molar-refractivity contribution in [3.05, 3.63) is 53.7 Å². The summed E-state index contributed by atoms with van der Waals surface area (Å²) in [6.07, 6.45) is 3.73. The zero-order valence-electron chi connectivity index (χ0n) is 13.6. The quantitative estimate of drug-likeness (QED) is 0.794. The van der Waals surface area contributed by atoms with Crippen LogP contribution in [0.25, 0.3) is 0 Å². The Bertz CT molecular complexity index is 647. The van der Waals surface area contributed by atoms with Crippen molar-refractivity contribution in [1.29, 1.82) is 0 Å². The first kappa shape index (κ1) is 15.9. The fourth-order valence-corrected chi connectivity index (χ4v) is 3.21. The maximum absolute atomic E-state index is 12.9. The molecule has 1 saturated heterocycles. The summed E-state index contributed by atoms with van der Waals surface area (Å²) in [4.78, 5) is 10.7. The Morgan fingerprint density at radius 1 is 1.35 bits per heavy atom. The minimum absolute atomic E-state index is 0.265. The average Bonchev–Trinajstić information content (AvgIpc) is 3.05. The van der Waals surface area contributed by atoms with Crippen molar-refractivity contribution in [2.24, 2.45) is 5.92 Å². The number of nitrogens with zero attached hydrogens (tertiary/aromatic N) is 3. The first-order valence-electron chi connectivity index (χ1n) is 8.01. The van der Waals surface area contributed by atoms with Crippen molar-refractivity contribution in [2.75, 3.05) is 20.2 Å². The Balaban J connectivity index is 1.61. The molecule has 2 atom stereocenters. The van der Waals surface area contributed by atoms with Crippen LogP contribution in [0.15, 0.2) is 36.5 Å². The summed E-state index contributed by atoms with van der Waals surface area (Å²) in [7, 11) is 1.64. The zero-order chi connectivity index (χ0) is 16.2. The van der Waals surface area contributed by atoms with E-state index in [1.54, 1.807) is 13.3 Å². The maximum atomic E-state index is 12.9. The van der Waals surface area contributed by atoms with Gasteiger partial charge in [-0.2, -0.15) is 4.39 Å². The molecule has 0 bridgehead atoms. The van der Waals surface area contributed by atoms with Crippen LogP contribution in [0.5, 0.6) is 5.88 Å². The molecule has 2 aromatic rings. The van der Waals surface area contributed by atoms with E-state index in [2.05, 4.69) is 21.8 Å². The van der Waals surface area contributed by atoms with Crippen LogP contribution in [0, 0.1) is 11.9 Å². The molecule has 1 aliphatic rings. The van der Waals surface area contributed by atoms with Crippen molar-refractivity contribution in [2.45, 2.75) is 25.8 Å². The van der Waals surface area contributed by atoms with E-state index in [0.29, 0.717) is 11.8 Å². The molecule has 5 heteroatoms. The van der Waals surface area contributed by atoms with Crippen molar-refractivity contribution < 1.29 is 9.13 Å². The van der Waals surface area contributed by atoms with Crippen molar-refractivity contribution in [3.8, 4) is 5.88 Å². The molecule has 4 nitrogen and oxygen atoms in total. The predicted octanol–water partition coefficient (Wildman–Crippen LogP) is 3.25. The SMILES string of the molecule is COc1cccc([C@@H](C)N2CC[C@H](Cc3ccc(F)nc3)C2)n1. The predicted molar refractivity (Wildman–Crippen MR) is 86.8 cm³/mol. The van der Waals surface area contributed by atoms with Gasteiger partial charge >= 0.3 is 0 Å². The normalized spacial score (nSPS) is 19.7. The number of hydrogen-bond acceptors (Lipinski definition) is 4. The molecule has 0 saturated carbocycles. The highest BCUT2D eigenvalue weighted by Gasteiger charge is 2.27. The summed E-state index contributed by atoms with van der Waals surface area (Å²) in [5.74, 6) is 0.817. The lowest BCUT2D eigenvalue weighted by Crippen LogP contribution is -2.25. The molecule has 0 N–H and O–H groups in total. The lowest BCUT2D eigenvalue weighted by molar-refractivity contribution is 0.246. The van der Waals surface area contributed by atoms with Crippen LogP contribution >= 0.6 is 0 Å². The fraction of sp³-hybridized carbons (Fsp3) is 0.444. The van der Waals surface area contributed by atoms with Crippen molar-refractivity contribution >= 4 is 0 Å². The van der Waals surface area contributed by atoms with E-state index in [-0.39, 0.29) is 6.04 Å². The van der Waals surface area contributed by atoms with Gasteiger partial charge in [-0.25, -0.2) is 9.97 Å². The summed E-state index contributed by atoms with van der Waals surface area (Å²) in [6, 6.07) is 9.43. The lowest BCUT2D eigenvalue weighted by atomic mass is 10.00. The molecule has 3 heterocycles. The van der Waals surface area contributed by atoms with Gasteiger partial charge in [-0.3, -0.25) is 4.90 Å². The van der Waals surface area contributed by atoms with Crippen LogP contribution in [0.2, 0.25) is 0 Å². The highest BCUT2D eigenvalue weighted by atomic mass is 19.1. The number of rotatable bonds is 5. The smallest absolute Gasteiger partial charge is 0.213 e. The summed E-state index contributed by atoms with van der Waals surface area (Å²) in [5, 5.41) is 0. The molecule has 0 unspecified atom stereocenters. The maximum Gasteiger partial charge on any atom is 0.213 e. The van der Waals surface area contributed by atoms with E-state index < -0.39 is 5.95 Å². The van der Waals surface area contributed by atoms with Crippen LogP contribution in [-0.4, -0.2) is 35.1 Å². The van der Waals surface area contributed by atoms with Gasteiger partial charge in [0.25, 0.3) is 0 Å². The van der Waals surface area contributed by atoms with Crippen molar-refractivity contribution in [1.82, 2.24) is 14.9 Å². The molecule has 23 heavy (non-hydrogen) atoms. The monoisotopic (exact) mass is 315 g/mol. The second kappa shape index (κ2) is 7.04. The lowest BCUT2D eigenvalue weighted by Gasteiger charge is -2.24. The number of pyridine rings is 2. The van der Waals surface area contributed by atoms with E-state index in [1.165, 1.54) is 6.07 Å². The molecular weight excluding hydrogens is 293 g/mol. The Hall–Kier alpha value is -2.01. The number of ether oxygens (including phenoxy) is 1. The van der Waals surface area contributed by atoms with Crippen LogP contribution < -0.4 is 4.74 Å². The molecule has 122 valence electrons. The standard InChI is InChI=1S/C18H22FN3O/c1-13(16-4-3-5-18(21-16)23-2)22-9-8-15(12-22)10-14-6-7-17(19)20-11-14/h3-7,11,13,15H,8-10,12H2,1-2H3/t13-,15-/m1/s1. The summed E-state index contributed by atoms with van der Waals surface area (Å²) in [5.41, 5.74) is 2.14. The Morgan fingerprint density at radius 3 is 2.96 bits per heavy atom. The first-order chi connectivity index (χ1) is 11.2. The van der Waals surface area contributed by atoms with Gasteiger partial charge < -0.3 is 4.74 Å². The number of likely N-dealkylation sites (tertiary alicyclic amines) is 1. The summed E-state index contributed by atoms with van der Waals surface area (Å²) in [6.45, 7) is 4.26. The number of halogens is 1. The number of hydrogen-bond donors (Lipinski definition) is 0. The van der Waals surface area contributed by atoms with Gasteiger partial charge in [0.05, 0.1) is 12.8 Å². The van der Waals surface area contributed by atoms with Gasteiger partial charge in [-0.05, 0) is 49.9 Å². The molecule has 0 aliphatic carbocycles. The van der Waals surface area contributed by atoms with Crippen LogP contribution in [0.1, 0.15) is 30.6 Å². The highest BCUT2D eigenvalue weighted by Crippen LogP contribution is 2.28. The third-order valence-corrected chi connectivity index (χ3v) is 4.56. The van der Waals surface area contributed by atoms with Gasteiger partial charge in [0.1, 0.15) is 0 Å². The Labute approximate surface area is 136 Å². The second-order valence-electron chi connectivity index (χ2n) is 6.12. The first-order valence-corrected chi connectivity index (χ1v) is 8.01. The van der Waals surface area contributed by atoms with E-state index in [0.717, 1.165) is 37.2 Å². The fourth-order valence-electron chi connectivity index (χ4n) is 3.21. The van der Waals surface area contributed by atoms with Crippen LogP contribution in [0.3, 0.4) is 0 Å². The third-order valence-electron chi connectivity index (χ3n) is 4.56. The number of aromatic nitrogens is 2. The Kier molecular flexibility index (Phi) is 4.86. The topological polar surface area (TPSA) is 38.2 Å². The van der Waals surface area contributed by atoms with E-state index in [4.69, 9.17) is 4.74 Å². The largest absolute Gasteiger partial charge is 0.481 e. The van der Waals surface area contributed by atoms with Crippen LogP contribution in [0.4, 0.5) is 4.39 Å². The van der Waals surface area contributed by atoms with Crippen LogP contribution in [-0.2, 0) is 6.42 Å². The molecule has 1 aliphatic heterocycles. The third kappa shape index (κ3) is 3.85. The molecule has 0 aromatic carbocycles. The van der Waals surface area contributed by atoms with Gasteiger partial charge in [0.2, 0.25) is 11.8 Å². The average molecular weight is 315 g/mol. The zero-order valence-corrected chi connectivity index (χ0v) is 13.6. The molecule has 0 spiro atoms. The van der Waals surface area contributed by atoms with E-state index >= 15 is 0 Å². The highest BCUT2D eigenvalue weighted by molar-refractivity contribution is 5.18. The second-order valence-corrected chi connectivity index (χ2v) is 6.12. The van der Waals surface area contributed by atoms with Gasteiger partial charge in [-0.15, -0.1) is 0 Å². The minimum Gasteiger partial charge on any atom is -0.481 e. The summed E-state index contributed by atoms with van der Waals surface area (Å²) < 4.78 is 18.1. The molecule has 1 fully saturated rings. The Morgan fingerprint density at radius 2 is 2.22 bits per heavy atom. The number of methoxy groups -OCH3 is 1. The summed E-state index contributed by atoms with van der Waals surface area (Å²) >= 11 is 0. The van der Waals surface area contributed by atoms with Gasteiger partial charge in [0.15, 0.2) is 0 Å². The van der Waals surface area contributed by atoms with Gasteiger partial charge in [-0.1, -0.05) is 12.1 Å². The molecular formula is C18H22FN3O. The van der Waals surface area contributed by atoms with E-state index in [9.17, 15) is 4.39 Å². The molecule has 0 amide bonds. The minimum atomic E-state index is -0.417. The van der Waals surface area contributed by atoms with E-state index in [1.807, 2.05) is 24.3 Å². The molecule has 0 radical (unpaired) electrons. The molecule has 2 aromatic heterocycles. The van der Waals surface area contributed by atoms with Gasteiger partial charge in [0, 0.05) is 24.8 Å².